The fourth-order valence-corrected chi connectivity index (χ4v) is 1.45. The molecule has 0 bridgehead atoms. The molecule has 1 atom stereocenters. The van der Waals surface area contributed by atoms with Crippen LogP contribution in [0.2, 0.25) is 0 Å². The summed E-state index contributed by atoms with van der Waals surface area (Å²) in [4.78, 5) is 2.59. The number of rotatable bonds is 1. The largest absolute Gasteiger partial charge is 0.468 e. The summed E-state index contributed by atoms with van der Waals surface area (Å²) >= 11 is 0. The molecule has 2 rings (SSSR count). The molecule has 1 aliphatic heterocycles. The van der Waals surface area contributed by atoms with Crippen LogP contribution < -0.4 is 15.1 Å². The molecular formula is C9H14N3O3+. The number of nitrogens with one attached hydrogen (secondary N) is 1. The Bertz CT molecular complexity index is 356. The summed E-state index contributed by atoms with van der Waals surface area (Å²) in [6, 6.07) is 3.17. The highest BCUT2D eigenvalue weighted by Gasteiger charge is 2.37. The first-order chi connectivity index (χ1) is 7.13. The molecule has 0 spiro atoms. The summed E-state index contributed by atoms with van der Waals surface area (Å²) < 4.78 is 5.53. The molecule has 1 aliphatic rings. The lowest BCUT2D eigenvalue weighted by atomic mass is 10.3. The number of aromatic nitrogens is 1. The van der Waals surface area contributed by atoms with Crippen LogP contribution in [-0.4, -0.2) is 28.0 Å². The maximum absolute atomic E-state index is 9.68. The van der Waals surface area contributed by atoms with Crippen molar-refractivity contribution in [1.82, 2.24) is 15.3 Å². The van der Waals surface area contributed by atoms with Gasteiger partial charge in [-0.05, 0) is 12.5 Å². The van der Waals surface area contributed by atoms with Gasteiger partial charge in [0.1, 0.15) is 6.10 Å². The molecule has 0 amide bonds. The zero-order valence-electron chi connectivity index (χ0n) is 8.42. The Hall–Kier alpha value is -1.21. The van der Waals surface area contributed by atoms with E-state index in [4.69, 9.17) is 4.74 Å². The predicted octanol–water partition coefficient (Wildman–Crippen LogP) is 0.843. The first-order valence-electron chi connectivity index (χ1n) is 4.85. The average Bonchev–Trinajstić information content (AvgIpc) is 2.36. The average molecular weight is 212 g/mol. The van der Waals surface area contributed by atoms with E-state index >= 15 is 0 Å². The molecule has 0 radical (unpaired) electrons. The molecule has 1 aromatic heterocycles. The molecule has 2 heterocycles. The first-order valence-corrected chi connectivity index (χ1v) is 4.85. The minimum absolute atomic E-state index is 0.113. The van der Waals surface area contributed by atoms with Crippen LogP contribution in [0.4, 0.5) is 5.69 Å². The molecule has 15 heavy (non-hydrogen) atoms. The first kappa shape index (κ1) is 10.3. The number of ether oxygens (including phenoxy) is 1. The fourth-order valence-electron chi connectivity index (χ4n) is 1.45. The van der Waals surface area contributed by atoms with Crippen LogP contribution in [-0.2, 0) is 0 Å². The van der Waals surface area contributed by atoms with E-state index in [9.17, 15) is 10.4 Å². The monoisotopic (exact) mass is 212 g/mol. The van der Waals surface area contributed by atoms with E-state index < -0.39 is 4.92 Å². The van der Waals surface area contributed by atoms with Crippen molar-refractivity contribution in [2.75, 3.05) is 6.54 Å². The van der Waals surface area contributed by atoms with Crippen molar-refractivity contribution in [3.05, 3.63) is 18.3 Å². The zero-order valence-corrected chi connectivity index (χ0v) is 8.42. The molecule has 0 saturated heterocycles. The third kappa shape index (κ3) is 1.93. The van der Waals surface area contributed by atoms with Gasteiger partial charge in [-0.2, -0.15) is 10.4 Å². The van der Waals surface area contributed by atoms with Crippen LogP contribution in [0, 0.1) is 0 Å². The van der Waals surface area contributed by atoms with E-state index in [0.29, 0.717) is 6.54 Å². The quantitative estimate of drug-likeness (QED) is 0.601. The van der Waals surface area contributed by atoms with Crippen LogP contribution in [0.3, 0.4) is 0 Å². The van der Waals surface area contributed by atoms with Gasteiger partial charge >= 0.3 is 0 Å². The summed E-state index contributed by atoms with van der Waals surface area (Å²) in [6.07, 6.45) is 2.21. The summed E-state index contributed by atoms with van der Waals surface area (Å²) in [7, 11) is 0. The lowest BCUT2D eigenvalue weighted by Crippen LogP contribution is -2.55. The van der Waals surface area contributed by atoms with Gasteiger partial charge < -0.3 is 4.74 Å². The number of hydrogen-bond donors (Lipinski definition) is 3. The summed E-state index contributed by atoms with van der Waals surface area (Å²) in [5.74, 6) is 0.249. The lowest BCUT2D eigenvalue weighted by Gasteiger charge is -2.17. The number of nitrogens with zero attached hydrogens (tertiary/aromatic N) is 2. The zero-order chi connectivity index (χ0) is 10.9. The lowest BCUT2D eigenvalue weighted by molar-refractivity contribution is -0.324. The summed E-state index contributed by atoms with van der Waals surface area (Å²) in [5.41, 5.74) is 2.75. The maximum Gasteiger partial charge on any atom is 0.286 e. The highest BCUT2D eigenvalue weighted by Crippen LogP contribution is 2.29. The predicted molar refractivity (Wildman–Crippen MR) is 52.3 cm³/mol. The summed E-state index contributed by atoms with van der Waals surface area (Å²) in [6.45, 7) is 2.31. The normalized spacial score (nSPS) is 23.8. The van der Waals surface area contributed by atoms with Gasteiger partial charge in [0.2, 0.25) is 0 Å². The smallest absolute Gasteiger partial charge is 0.286 e. The van der Waals surface area contributed by atoms with Gasteiger partial charge in [0.15, 0.2) is 0 Å². The molecule has 0 saturated carbocycles. The van der Waals surface area contributed by atoms with Gasteiger partial charge in [0.25, 0.3) is 11.6 Å². The number of hydrogen-bond acceptors (Lipinski definition) is 5. The molecule has 1 aromatic rings. The van der Waals surface area contributed by atoms with E-state index in [1.807, 2.05) is 6.92 Å². The molecule has 6 heteroatoms. The Morgan fingerprint density at radius 1 is 1.67 bits per heavy atom. The van der Waals surface area contributed by atoms with E-state index in [-0.39, 0.29) is 17.7 Å². The van der Waals surface area contributed by atoms with Crippen LogP contribution in [0.1, 0.15) is 13.3 Å². The van der Waals surface area contributed by atoms with E-state index in [0.717, 1.165) is 6.42 Å². The summed E-state index contributed by atoms with van der Waals surface area (Å²) in [5, 5.41) is 19.4. The molecule has 0 aliphatic carbocycles. The Balaban J connectivity index is 2.40. The van der Waals surface area contributed by atoms with Gasteiger partial charge in [-0.15, -0.1) is 0 Å². The van der Waals surface area contributed by atoms with Crippen molar-refractivity contribution >= 4 is 5.69 Å². The Kier molecular flexibility index (Phi) is 2.57. The SMILES string of the molecule is CC[C@@H]1CN[N+](O)(O)c2cccnc2O1. The molecule has 82 valence electrons. The van der Waals surface area contributed by atoms with Crippen LogP contribution in [0.5, 0.6) is 5.88 Å². The second kappa shape index (κ2) is 3.74. The Morgan fingerprint density at radius 2 is 2.47 bits per heavy atom. The van der Waals surface area contributed by atoms with Crippen LogP contribution in [0.15, 0.2) is 18.3 Å². The maximum atomic E-state index is 9.68. The molecule has 0 fully saturated rings. The van der Waals surface area contributed by atoms with Gasteiger partial charge in [0.05, 0.1) is 11.5 Å². The fraction of sp³-hybridized carbons (Fsp3) is 0.444. The number of fused-ring (bicyclic) bond motifs is 1. The standard InChI is InChI=1S/C9H14N3O3/c1-2-7-6-11-12(13,14)8-4-3-5-10-9(8)15-7/h3-5,7,11,13-14H,2,6H2,1H3/q+1/t7-/m1/s1. The second-order valence-electron chi connectivity index (χ2n) is 3.44. The van der Waals surface area contributed by atoms with E-state index in [2.05, 4.69) is 10.4 Å². The van der Waals surface area contributed by atoms with Crippen molar-refractivity contribution in [3.8, 4) is 5.88 Å². The van der Waals surface area contributed by atoms with Crippen LogP contribution >= 0.6 is 0 Å². The highest BCUT2D eigenvalue weighted by atomic mass is 16.9. The Morgan fingerprint density at radius 3 is 3.20 bits per heavy atom. The van der Waals surface area contributed by atoms with Gasteiger partial charge in [-0.25, -0.2) is 4.98 Å². The molecule has 0 aromatic carbocycles. The molecular weight excluding hydrogens is 198 g/mol. The van der Waals surface area contributed by atoms with Crippen molar-refractivity contribution in [2.24, 2.45) is 0 Å². The minimum atomic E-state index is -1.39. The molecule has 6 nitrogen and oxygen atoms in total. The number of quaternary nitrogens is 1. The van der Waals surface area contributed by atoms with E-state index in [1.165, 1.54) is 0 Å². The Labute approximate surface area is 87.2 Å². The topological polar surface area (TPSA) is 74.6 Å². The van der Waals surface area contributed by atoms with Crippen molar-refractivity contribution in [1.29, 1.82) is 0 Å². The van der Waals surface area contributed by atoms with Crippen molar-refractivity contribution in [2.45, 2.75) is 19.4 Å². The third-order valence-electron chi connectivity index (χ3n) is 2.36. The molecule has 0 unspecified atom stereocenters. The van der Waals surface area contributed by atoms with Gasteiger partial charge in [-0.3, -0.25) is 0 Å². The van der Waals surface area contributed by atoms with E-state index in [1.54, 1.807) is 18.3 Å². The second-order valence-corrected chi connectivity index (χ2v) is 3.44. The highest BCUT2D eigenvalue weighted by molar-refractivity contribution is 5.48. The van der Waals surface area contributed by atoms with Crippen molar-refractivity contribution in [3.63, 3.8) is 0 Å². The van der Waals surface area contributed by atoms with Gasteiger partial charge in [-0.1, -0.05) is 12.3 Å². The molecule has 3 N–H and O–H groups in total. The third-order valence-corrected chi connectivity index (χ3v) is 2.36. The number of pyridine rings is 1. The minimum Gasteiger partial charge on any atom is -0.468 e. The van der Waals surface area contributed by atoms with Gasteiger partial charge in [0, 0.05) is 12.3 Å². The van der Waals surface area contributed by atoms with Crippen LogP contribution in [0.25, 0.3) is 0 Å². The van der Waals surface area contributed by atoms with Crippen molar-refractivity contribution < 1.29 is 15.2 Å².